The Hall–Kier alpha value is -0.120. The van der Waals surface area contributed by atoms with Crippen LogP contribution in [0.3, 0.4) is 0 Å². The van der Waals surface area contributed by atoms with E-state index < -0.39 is 0 Å². The molecule has 2 rings (SSSR count). The molecule has 0 bridgehead atoms. The van der Waals surface area contributed by atoms with Crippen molar-refractivity contribution in [3.05, 3.63) is 0 Å². The van der Waals surface area contributed by atoms with E-state index in [4.69, 9.17) is 0 Å². The van der Waals surface area contributed by atoms with Gasteiger partial charge >= 0.3 is 0 Å². The lowest BCUT2D eigenvalue weighted by Crippen LogP contribution is -2.50. The molecule has 0 radical (unpaired) electrons. The van der Waals surface area contributed by atoms with E-state index in [1.807, 2.05) is 0 Å². The van der Waals surface area contributed by atoms with Gasteiger partial charge < -0.3 is 15.3 Å². The highest BCUT2D eigenvalue weighted by Crippen LogP contribution is 2.29. The zero-order valence-electron chi connectivity index (χ0n) is 13.5. The van der Waals surface area contributed by atoms with Crippen LogP contribution in [0.5, 0.6) is 0 Å². The van der Waals surface area contributed by atoms with Gasteiger partial charge in [-0.2, -0.15) is 0 Å². The van der Waals surface area contributed by atoms with Gasteiger partial charge in [-0.25, -0.2) is 0 Å². The molecule has 20 heavy (non-hydrogen) atoms. The summed E-state index contributed by atoms with van der Waals surface area (Å²) in [6, 6.07) is 0.648. The van der Waals surface area contributed by atoms with Crippen LogP contribution in [0.2, 0.25) is 0 Å². The van der Waals surface area contributed by atoms with Crippen LogP contribution in [0.15, 0.2) is 0 Å². The summed E-state index contributed by atoms with van der Waals surface area (Å²) in [5.41, 5.74) is 0. The van der Waals surface area contributed by atoms with Gasteiger partial charge in [-0.05, 0) is 63.5 Å². The maximum absolute atomic E-state index is 9.95. The Kier molecular flexibility index (Phi) is 6.79. The fraction of sp³-hybridized carbons (Fsp3) is 1.00. The number of aliphatic hydroxyl groups is 1. The molecule has 1 aliphatic heterocycles. The maximum atomic E-state index is 9.95. The number of piperidine rings is 1. The Morgan fingerprint density at radius 3 is 2.65 bits per heavy atom. The third kappa shape index (κ3) is 5.71. The lowest BCUT2D eigenvalue weighted by atomic mass is 9.88. The van der Waals surface area contributed by atoms with Crippen LogP contribution in [0, 0.1) is 11.8 Å². The Morgan fingerprint density at radius 1 is 1.20 bits per heavy atom. The molecule has 0 amide bonds. The summed E-state index contributed by atoms with van der Waals surface area (Å²) in [5.74, 6) is 1.63. The highest BCUT2D eigenvalue weighted by Gasteiger charge is 2.29. The van der Waals surface area contributed by atoms with E-state index in [-0.39, 0.29) is 6.10 Å². The second kappa shape index (κ2) is 8.35. The van der Waals surface area contributed by atoms with E-state index in [9.17, 15) is 5.11 Å². The molecule has 118 valence electrons. The number of hydrogen-bond acceptors (Lipinski definition) is 3. The number of hydrogen-bond donors (Lipinski definition) is 2. The van der Waals surface area contributed by atoms with Crippen molar-refractivity contribution in [1.82, 2.24) is 10.2 Å². The normalized spacial score (nSPS) is 29.6. The van der Waals surface area contributed by atoms with Gasteiger partial charge in [0.15, 0.2) is 0 Å². The van der Waals surface area contributed by atoms with E-state index in [1.165, 1.54) is 58.3 Å². The minimum absolute atomic E-state index is 0.102. The molecule has 3 heteroatoms. The smallest absolute Gasteiger partial charge is 0.0540 e. The molecular formula is C17H34N2O. The first-order valence-corrected chi connectivity index (χ1v) is 8.85. The summed E-state index contributed by atoms with van der Waals surface area (Å²) in [5, 5.41) is 13.7. The van der Waals surface area contributed by atoms with Crippen molar-refractivity contribution in [2.45, 2.75) is 70.9 Å². The van der Waals surface area contributed by atoms with Crippen molar-refractivity contribution < 1.29 is 5.11 Å². The van der Waals surface area contributed by atoms with Crippen LogP contribution in [-0.4, -0.2) is 48.3 Å². The van der Waals surface area contributed by atoms with Crippen LogP contribution >= 0.6 is 0 Å². The van der Waals surface area contributed by atoms with Crippen molar-refractivity contribution >= 4 is 0 Å². The molecule has 3 unspecified atom stereocenters. The van der Waals surface area contributed by atoms with Crippen molar-refractivity contribution in [2.75, 3.05) is 26.2 Å². The minimum Gasteiger partial charge on any atom is -0.393 e. The molecule has 2 N–H and O–H groups in total. The molecule has 2 fully saturated rings. The van der Waals surface area contributed by atoms with Gasteiger partial charge in [0.1, 0.15) is 0 Å². The van der Waals surface area contributed by atoms with Crippen molar-refractivity contribution in [3.63, 3.8) is 0 Å². The summed E-state index contributed by atoms with van der Waals surface area (Å²) < 4.78 is 0. The average molecular weight is 282 g/mol. The maximum Gasteiger partial charge on any atom is 0.0540 e. The number of unbranched alkanes of at least 4 members (excludes halogenated alkanes) is 1. The summed E-state index contributed by atoms with van der Waals surface area (Å²) in [6.45, 7) is 9.21. The van der Waals surface area contributed by atoms with E-state index in [2.05, 4.69) is 24.1 Å². The van der Waals surface area contributed by atoms with Gasteiger partial charge in [-0.3, -0.25) is 0 Å². The molecule has 0 aromatic heterocycles. The lowest BCUT2D eigenvalue weighted by molar-refractivity contribution is 0.0830. The number of nitrogens with zero attached hydrogens (tertiary/aromatic N) is 1. The molecule has 1 saturated carbocycles. The van der Waals surface area contributed by atoms with Crippen molar-refractivity contribution in [2.24, 2.45) is 11.8 Å². The first kappa shape index (κ1) is 16.3. The molecule has 1 saturated heterocycles. The van der Waals surface area contributed by atoms with Crippen molar-refractivity contribution in [1.29, 1.82) is 0 Å². The lowest BCUT2D eigenvalue weighted by Gasteiger charge is -2.39. The molecule has 0 aromatic rings. The zero-order valence-corrected chi connectivity index (χ0v) is 13.5. The van der Waals surface area contributed by atoms with Gasteiger partial charge in [0.25, 0.3) is 0 Å². The first-order valence-electron chi connectivity index (χ1n) is 8.85. The standard InChI is InChI=1S/C17H34N2O/c1-3-5-8-19-12-15(10-17(20)4-2)9-16(13-19)18-11-14-6-7-14/h14-18,20H,3-13H2,1-2H3. The molecule has 1 heterocycles. The van der Waals surface area contributed by atoms with Gasteiger partial charge in [-0.15, -0.1) is 0 Å². The largest absolute Gasteiger partial charge is 0.393 e. The molecule has 0 spiro atoms. The number of rotatable bonds is 9. The summed E-state index contributed by atoms with van der Waals surface area (Å²) >= 11 is 0. The van der Waals surface area contributed by atoms with Crippen LogP contribution in [0.25, 0.3) is 0 Å². The fourth-order valence-electron chi connectivity index (χ4n) is 3.39. The highest BCUT2D eigenvalue weighted by molar-refractivity contribution is 4.86. The summed E-state index contributed by atoms with van der Waals surface area (Å²) in [7, 11) is 0. The molecule has 3 nitrogen and oxygen atoms in total. The summed E-state index contributed by atoms with van der Waals surface area (Å²) in [6.07, 6.45) is 8.47. The highest BCUT2D eigenvalue weighted by atomic mass is 16.3. The Bertz CT molecular complexity index is 268. The second-order valence-electron chi connectivity index (χ2n) is 7.06. The van der Waals surface area contributed by atoms with Crippen LogP contribution in [-0.2, 0) is 0 Å². The minimum atomic E-state index is -0.102. The molecule has 0 aromatic carbocycles. The molecular weight excluding hydrogens is 248 g/mol. The zero-order chi connectivity index (χ0) is 14.4. The van der Waals surface area contributed by atoms with E-state index in [0.717, 1.165) is 18.8 Å². The molecule has 1 aliphatic carbocycles. The van der Waals surface area contributed by atoms with Crippen molar-refractivity contribution in [3.8, 4) is 0 Å². The Morgan fingerprint density at radius 2 is 2.00 bits per heavy atom. The van der Waals surface area contributed by atoms with E-state index in [0.29, 0.717) is 12.0 Å². The molecule has 3 atom stereocenters. The second-order valence-corrected chi connectivity index (χ2v) is 7.06. The Labute approximate surface area is 125 Å². The monoisotopic (exact) mass is 282 g/mol. The van der Waals surface area contributed by atoms with Gasteiger partial charge in [0.05, 0.1) is 6.10 Å². The van der Waals surface area contributed by atoms with Gasteiger partial charge in [0, 0.05) is 19.1 Å². The SMILES string of the molecule is CCCCN1CC(CC(O)CC)CC(NCC2CC2)C1. The van der Waals surface area contributed by atoms with E-state index >= 15 is 0 Å². The number of aliphatic hydroxyl groups excluding tert-OH is 1. The first-order chi connectivity index (χ1) is 9.71. The Balaban J connectivity index is 1.79. The van der Waals surface area contributed by atoms with Crippen LogP contribution in [0.4, 0.5) is 0 Å². The van der Waals surface area contributed by atoms with Gasteiger partial charge in [0.2, 0.25) is 0 Å². The third-order valence-corrected chi connectivity index (χ3v) is 4.91. The van der Waals surface area contributed by atoms with Crippen LogP contribution in [0.1, 0.15) is 58.8 Å². The quantitative estimate of drug-likeness (QED) is 0.682. The third-order valence-electron chi connectivity index (χ3n) is 4.91. The van der Waals surface area contributed by atoms with E-state index in [1.54, 1.807) is 0 Å². The fourth-order valence-corrected chi connectivity index (χ4v) is 3.39. The summed E-state index contributed by atoms with van der Waals surface area (Å²) in [4.78, 5) is 2.63. The predicted molar refractivity (Wildman–Crippen MR) is 84.9 cm³/mol. The average Bonchev–Trinajstić information content (AvgIpc) is 3.27. The topological polar surface area (TPSA) is 35.5 Å². The molecule has 2 aliphatic rings. The van der Waals surface area contributed by atoms with Gasteiger partial charge in [-0.1, -0.05) is 20.3 Å². The number of nitrogens with one attached hydrogen (secondary N) is 1. The predicted octanol–water partition coefficient (Wildman–Crippen LogP) is 2.64. The van der Waals surface area contributed by atoms with Crippen LogP contribution < -0.4 is 5.32 Å². The number of likely N-dealkylation sites (tertiary alicyclic amines) is 1.